The van der Waals surface area contributed by atoms with Gasteiger partial charge in [-0.3, -0.25) is 0 Å². The van der Waals surface area contributed by atoms with Crippen molar-refractivity contribution in [3.8, 4) is 11.3 Å². The highest BCUT2D eigenvalue weighted by atomic mass is 19.1. The van der Waals surface area contributed by atoms with Gasteiger partial charge in [0.25, 0.3) is 0 Å². The number of benzene rings is 2. The predicted molar refractivity (Wildman–Crippen MR) is 101 cm³/mol. The van der Waals surface area contributed by atoms with Gasteiger partial charge in [-0.25, -0.2) is 9.37 Å². The number of rotatable bonds is 6. The number of aromatic nitrogens is 2. The Morgan fingerprint density at radius 3 is 2.52 bits per heavy atom. The third-order valence-electron chi connectivity index (χ3n) is 3.88. The molecule has 3 rings (SSSR count). The lowest BCUT2D eigenvalue weighted by Gasteiger charge is -2.14. The average molecular weight is 336 g/mol. The minimum absolute atomic E-state index is 0.257. The number of nitrogens with one attached hydrogen (secondary N) is 2. The Kier molecular flexibility index (Phi) is 5.23. The second-order valence-corrected chi connectivity index (χ2v) is 5.92. The third-order valence-corrected chi connectivity index (χ3v) is 3.88. The van der Waals surface area contributed by atoms with Crippen LogP contribution in [0.3, 0.4) is 0 Å². The molecule has 0 amide bonds. The van der Waals surface area contributed by atoms with Gasteiger partial charge >= 0.3 is 0 Å². The van der Waals surface area contributed by atoms with Crippen molar-refractivity contribution in [2.24, 2.45) is 0 Å². The van der Waals surface area contributed by atoms with Crippen molar-refractivity contribution in [1.82, 2.24) is 9.97 Å². The summed E-state index contributed by atoms with van der Waals surface area (Å²) >= 11 is 0. The molecule has 0 aliphatic carbocycles. The third kappa shape index (κ3) is 4.53. The summed E-state index contributed by atoms with van der Waals surface area (Å²) in [6.07, 6.45) is 0.964. The fourth-order valence-corrected chi connectivity index (χ4v) is 2.37. The molecule has 2 aromatic carbocycles. The van der Waals surface area contributed by atoms with Gasteiger partial charge in [0.2, 0.25) is 5.95 Å². The summed E-state index contributed by atoms with van der Waals surface area (Å²) in [5.41, 5.74) is 2.45. The standard InChI is InChI=1S/C20H21FN4/c1-3-14(2)22-20-24-18(15-8-5-4-6-9-15)13-19(25-20)23-17-11-7-10-16(21)12-17/h4-14H,3H2,1-2H3,(H2,22,23,24,25). The van der Waals surface area contributed by atoms with Gasteiger partial charge in [0.15, 0.2) is 0 Å². The van der Waals surface area contributed by atoms with Crippen molar-refractivity contribution in [3.63, 3.8) is 0 Å². The summed E-state index contributed by atoms with van der Waals surface area (Å²) in [5.74, 6) is 0.875. The van der Waals surface area contributed by atoms with Crippen LogP contribution in [0.4, 0.5) is 21.8 Å². The zero-order valence-electron chi connectivity index (χ0n) is 14.3. The first-order valence-electron chi connectivity index (χ1n) is 8.37. The highest BCUT2D eigenvalue weighted by Crippen LogP contribution is 2.24. The molecule has 2 N–H and O–H groups in total. The van der Waals surface area contributed by atoms with Gasteiger partial charge in [-0.1, -0.05) is 43.3 Å². The van der Waals surface area contributed by atoms with Gasteiger partial charge in [0.05, 0.1) is 5.69 Å². The molecule has 1 heterocycles. The maximum Gasteiger partial charge on any atom is 0.225 e. The van der Waals surface area contributed by atoms with Gasteiger partial charge in [-0.15, -0.1) is 0 Å². The fraction of sp³-hybridized carbons (Fsp3) is 0.200. The Morgan fingerprint density at radius 1 is 1.00 bits per heavy atom. The van der Waals surface area contributed by atoms with E-state index in [4.69, 9.17) is 0 Å². The van der Waals surface area contributed by atoms with E-state index in [1.54, 1.807) is 12.1 Å². The van der Waals surface area contributed by atoms with E-state index >= 15 is 0 Å². The van der Waals surface area contributed by atoms with Crippen LogP contribution in [-0.2, 0) is 0 Å². The molecule has 0 radical (unpaired) electrons. The molecule has 0 spiro atoms. The number of hydrogen-bond acceptors (Lipinski definition) is 4. The zero-order chi connectivity index (χ0) is 17.6. The molecule has 0 fully saturated rings. The van der Waals surface area contributed by atoms with Crippen LogP contribution in [0.1, 0.15) is 20.3 Å². The summed E-state index contributed by atoms with van der Waals surface area (Å²) in [6, 6.07) is 18.3. The van der Waals surface area contributed by atoms with E-state index in [0.29, 0.717) is 17.5 Å². The van der Waals surface area contributed by atoms with Crippen LogP contribution in [0.5, 0.6) is 0 Å². The molecule has 25 heavy (non-hydrogen) atoms. The zero-order valence-corrected chi connectivity index (χ0v) is 14.3. The Bertz CT molecular complexity index is 836. The summed E-state index contributed by atoms with van der Waals surface area (Å²) in [4.78, 5) is 9.13. The van der Waals surface area contributed by atoms with E-state index in [0.717, 1.165) is 17.7 Å². The number of nitrogens with zero attached hydrogens (tertiary/aromatic N) is 2. The lowest BCUT2D eigenvalue weighted by atomic mass is 10.1. The highest BCUT2D eigenvalue weighted by molar-refractivity contribution is 5.67. The molecule has 1 aromatic heterocycles. The van der Waals surface area contributed by atoms with Crippen molar-refractivity contribution in [2.45, 2.75) is 26.3 Å². The van der Waals surface area contributed by atoms with Crippen LogP contribution in [0.2, 0.25) is 0 Å². The van der Waals surface area contributed by atoms with Gasteiger partial charge < -0.3 is 10.6 Å². The van der Waals surface area contributed by atoms with Crippen LogP contribution in [0.15, 0.2) is 60.7 Å². The van der Waals surface area contributed by atoms with E-state index in [9.17, 15) is 4.39 Å². The second-order valence-electron chi connectivity index (χ2n) is 5.92. The Morgan fingerprint density at radius 2 is 1.80 bits per heavy atom. The topological polar surface area (TPSA) is 49.8 Å². The van der Waals surface area contributed by atoms with Crippen LogP contribution in [-0.4, -0.2) is 16.0 Å². The van der Waals surface area contributed by atoms with Gasteiger partial charge in [-0.2, -0.15) is 4.98 Å². The van der Waals surface area contributed by atoms with Gasteiger partial charge in [-0.05, 0) is 31.5 Å². The molecular formula is C20H21FN4. The van der Waals surface area contributed by atoms with Crippen molar-refractivity contribution < 1.29 is 4.39 Å². The molecule has 1 atom stereocenters. The minimum atomic E-state index is -0.291. The highest BCUT2D eigenvalue weighted by Gasteiger charge is 2.09. The molecule has 3 aromatic rings. The van der Waals surface area contributed by atoms with Crippen LogP contribution >= 0.6 is 0 Å². The van der Waals surface area contributed by atoms with Crippen LogP contribution in [0, 0.1) is 5.82 Å². The summed E-state index contributed by atoms with van der Waals surface area (Å²) in [7, 11) is 0. The molecule has 0 bridgehead atoms. The molecule has 1 unspecified atom stereocenters. The van der Waals surface area contributed by atoms with E-state index in [1.807, 2.05) is 36.4 Å². The lowest BCUT2D eigenvalue weighted by Crippen LogP contribution is -2.16. The van der Waals surface area contributed by atoms with E-state index in [-0.39, 0.29) is 11.9 Å². The van der Waals surface area contributed by atoms with Crippen molar-refractivity contribution in [2.75, 3.05) is 10.6 Å². The summed E-state index contributed by atoms with van der Waals surface area (Å²) in [5, 5.41) is 6.46. The quantitative estimate of drug-likeness (QED) is 0.646. The Balaban J connectivity index is 1.97. The first-order chi connectivity index (χ1) is 12.1. The lowest BCUT2D eigenvalue weighted by molar-refractivity contribution is 0.628. The van der Waals surface area contributed by atoms with E-state index in [2.05, 4.69) is 34.4 Å². The molecule has 5 heteroatoms. The Labute approximate surface area is 147 Å². The first-order valence-corrected chi connectivity index (χ1v) is 8.37. The molecular weight excluding hydrogens is 315 g/mol. The molecule has 4 nitrogen and oxygen atoms in total. The normalized spacial score (nSPS) is 11.8. The van der Waals surface area contributed by atoms with Gasteiger partial charge in [0, 0.05) is 23.4 Å². The fourth-order valence-electron chi connectivity index (χ4n) is 2.37. The first kappa shape index (κ1) is 16.9. The summed E-state index contributed by atoms with van der Waals surface area (Å²) in [6.45, 7) is 4.18. The molecule has 0 aliphatic heterocycles. The average Bonchev–Trinajstić information content (AvgIpc) is 2.62. The van der Waals surface area contributed by atoms with Crippen molar-refractivity contribution in [3.05, 3.63) is 66.5 Å². The number of halogens is 1. The largest absolute Gasteiger partial charge is 0.352 e. The molecule has 0 aliphatic rings. The van der Waals surface area contributed by atoms with E-state index in [1.165, 1.54) is 12.1 Å². The molecule has 128 valence electrons. The van der Waals surface area contributed by atoms with Crippen LogP contribution < -0.4 is 10.6 Å². The maximum absolute atomic E-state index is 13.4. The molecule has 0 saturated heterocycles. The van der Waals surface area contributed by atoms with Crippen molar-refractivity contribution >= 4 is 17.5 Å². The predicted octanol–water partition coefficient (Wildman–Crippen LogP) is 5.24. The second kappa shape index (κ2) is 7.75. The Hall–Kier alpha value is -2.95. The maximum atomic E-state index is 13.4. The number of hydrogen-bond donors (Lipinski definition) is 2. The van der Waals surface area contributed by atoms with Crippen molar-refractivity contribution in [1.29, 1.82) is 0 Å². The van der Waals surface area contributed by atoms with Gasteiger partial charge in [0.1, 0.15) is 11.6 Å². The SMILES string of the molecule is CCC(C)Nc1nc(Nc2cccc(F)c2)cc(-c2ccccc2)n1. The monoisotopic (exact) mass is 336 g/mol. The number of anilines is 3. The minimum Gasteiger partial charge on any atom is -0.352 e. The smallest absolute Gasteiger partial charge is 0.225 e. The van der Waals surface area contributed by atoms with Crippen LogP contribution in [0.25, 0.3) is 11.3 Å². The molecule has 0 saturated carbocycles. The summed E-state index contributed by atoms with van der Waals surface area (Å²) < 4.78 is 13.4. The van der Waals surface area contributed by atoms with E-state index < -0.39 is 0 Å².